The average molecular weight is 498 g/mol. The fourth-order valence-electron chi connectivity index (χ4n) is 4.66. The third-order valence-electron chi connectivity index (χ3n) is 6.68. The number of nitrogens with one attached hydrogen (secondary N) is 1. The molecule has 8 nitrogen and oxygen atoms in total. The van der Waals surface area contributed by atoms with Crippen molar-refractivity contribution in [3.05, 3.63) is 71.3 Å². The third-order valence-corrected chi connectivity index (χ3v) is 8.59. The minimum atomic E-state index is -3.57. The van der Waals surface area contributed by atoms with E-state index >= 15 is 0 Å². The van der Waals surface area contributed by atoms with Crippen LogP contribution in [0, 0.1) is 5.82 Å². The second-order valence-corrected chi connectivity index (χ2v) is 11.0. The summed E-state index contributed by atoms with van der Waals surface area (Å²) in [5.74, 6) is -0.676. The summed E-state index contributed by atoms with van der Waals surface area (Å²) < 4.78 is 42.5. The van der Waals surface area contributed by atoms with Crippen LogP contribution in [0.4, 0.5) is 10.1 Å². The summed E-state index contributed by atoms with van der Waals surface area (Å²) in [5.41, 5.74) is 3.43. The zero-order chi connectivity index (χ0) is 24.6. The number of carbonyl (C=O) groups is 1. The molecule has 1 saturated heterocycles. The van der Waals surface area contributed by atoms with Crippen LogP contribution in [-0.2, 0) is 22.9 Å². The molecule has 1 aromatic heterocycles. The molecular formula is C25H28FN5O3S. The van der Waals surface area contributed by atoms with Crippen LogP contribution in [0.15, 0.2) is 53.4 Å². The van der Waals surface area contributed by atoms with Crippen LogP contribution < -0.4 is 5.32 Å². The Morgan fingerprint density at radius 1 is 0.943 bits per heavy atom. The molecule has 1 fully saturated rings. The van der Waals surface area contributed by atoms with Crippen LogP contribution >= 0.6 is 0 Å². The molecule has 1 amide bonds. The van der Waals surface area contributed by atoms with Crippen molar-refractivity contribution in [1.82, 2.24) is 19.0 Å². The summed E-state index contributed by atoms with van der Waals surface area (Å²) >= 11 is 0. The summed E-state index contributed by atoms with van der Waals surface area (Å²) in [6, 6.07) is 12.3. The summed E-state index contributed by atoms with van der Waals surface area (Å²) in [6.45, 7) is 2.31. The minimum absolute atomic E-state index is 0.206. The summed E-state index contributed by atoms with van der Waals surface area (Å²) in [7, 11) is -1.60. The molecule has 5 rings (SSSR count). The average Bonchev–Trinajstić information content (AvgIpc) is 3.25. The molecular weight excluding hydrogens is 469 g/mol. The lowest BCUT2D eigenvalue weighted by Crippen LogP contribution is -2.46. The van der Waals surface area contributed by atoms with E-state index in [1.807, 2.05) is 7.05 Å². The summed E-state index contributed by atoms with van der Waals surface area (Å²) in [5, 5.41) is 7.44. The number of anilines is 1. The van der Waals surface area contributed by atoms with Gasteiger partial charge < -0.3 is 10.2 Å². The molecule has 2 aromatic carbocycles. The van der Waals surface area contributed by atoms with Gasteiger partial charge in [-0.15, -0.1) is 0 Å². The van der Waals surface area contributed by atoms with Crippen molar-refractivity contribution < 1.29 is 17.6 Å². The SMILES string of the molecule is CN1CCN(S(=O)(=O)c2ccc(NC(=O)c3nn(-c4ccc(F)cc4)c4c3CCCC4)cc2)CC1. The quantitative estimate of drug-likeness (QED) is 0.586. The standard InChI is InChI=1S/C25H28FN5O3S/c1-29-14-16-30(17-15-29)35(33,34)21-12-8-19(9-13-21)27-25(32)24-22-4-2-3-5-23(22)31(28-24)20-10-6-18(26)7-11-20/h6-13H,2-5,14-17H2,1H3,(H,27,32). The highest BCUT2D eigenvalue weighted by Crippen LogP contribution is 2.28. The van der Waals surface area contributed by atoms with Crippen LogP contribution in [0.2, 0.25) is 0 Å². The Labute approximate surface area is 204 Å². The summed E-state index contributed by atoms with van der Waals surface area (Å²) in [6.07, 6.45) is 3.53. The number of benzene rings is 2. The van der Waals surface area contributed by atoms with Crippen molar-refractivity contribution in [2.24, 2.45) is 0 Å². The second kappa shape index (κ2) is 9.52. The maximum atomic E-state index is 13.4. The van der Waals surface area contributed by atoms with E-state index in [0.29, 0.717) is 43.2 Å². The van der Waals surface area contributed by atoms with E-state index in [1.165, 1.54) is 28.6 Å². The first-order valence-electron chi connectivity index (χ1n) is 11.8. The molecule has 3 aromatic rings. The molecule has 0 atom stereocenters. The van der Waals surface area contributed by atoms with Crippen LogP contribution in [0.25, 0.3) is 5.69 Å². The maximum absolute atomic E-state index is 13.4. The van der Waals surface area contributed by atoms with Crippen molar-refractivity contribution in [3.63, 3.8) is 0 Å². The highest BCUT2D eigenvalue weighted by molar-refractivity contribution is 7.89. The Morgan fingerprint density at radius 2 is 1.60 bits per heavy atom. The van der Waals surface area contributed by atoms with Gasteiger partial charge in [-0.1, -0.05) is 0 Å². The Bertz CT molecular complexity index is 1330. The van der Waals surface area contributed by atoms with E-state index in [-0.39, 0.29) is 16.6 Å². The van der Waals surface area contributed by atoms with Gasteiger partial charge in [0.05, 0.1) is 10.6 Å². The number of likely N-dealkylation sites (N-methyl/N-ethyl adjacent to an activating group) is 1. The van der Waals surface area contributed by atoms with Crippen LogP contribution in [-0.4, -0.2) is 66.5 Å². The maximum Gasteiger partial charge on any atom is 0.276 e. The van der Waals surface area contributed by atoms with Crippen LogP contribution in [0.5, 0.6) is 0 Å². The number of fused-ring (bicyclic) bond motifs is 1. The molecule has 0 bridgehead atoms. The molecule has 0 saturated carbocycles. The van der Waals surface area contributed by atoms with Gasteiger partial charge in [-0.3, -0.25) is 4.79 Å². The zero-order valence-electron chi connectivity index (χ0n) is 19.6. The van der Waals surface area contributed by atoms with Crippen molar-refractivity contribution in [2.45, 2.75) is 30.6 Å². The largest absolute Gasteiger partial charge is 0.321 e. The predicted molar refractivity (Wildman–Crippen MR) is 131 cm³/mol. The van der Waals surface area contributed by atoms with Crippen molar-refractivity contribution in [1.29, 1.82) is 0 Å². The molecule has 0 spiro atoms. The fourth-order valence-corrected chi connectivity index (χ4v) is 6.08. The number of hydrogen-bond acceptors (Lipinski definition) is 5. The molecule has 10 heteroatoms. The Kier molecular flexibility index (Phi) is 6.43. The minimum Gasteiger partial charge on any atom is -0.321 e. The van der Waals surface area contributed by atoms with Gasteiger partial charge in [0.25, 0.3) is 5.91 Å². The van der Waals surface area contributed by atoms with E-state index in [0.717, 1.165) is 36.9 Å². The lowest BCUT2D eigenvalue weighted by atomic mass is 9.95. The Hall–Kier alpha value is -3.08. The molecule has 184 valence electrons. The van der Waals surface area contributed by atoms with Gasteiger partial charge >= 0.3 is 0 Å². The smallest absolute Gasteiger partial charge is 0.276 e. The second-order valence-electron chi connectivity index (χ2n) is 9.06. The van der Waals surface area contributed by atoms with Gasteiger partial charge in [-0.2, -0.15) is 9.40 Å². The first-order chi connectivity index (χ1) is 16.8. The number of carbonyl (C=O) groups excluding carboxylic acids is 1. The lowest BCUT2D eigenvalue weighted by Gasteiger charge is -2.31. The van der Waals surface area contributed by atoms with Gasteiger partial charge in [0.15, 0.2) is 5.69 Å². The van der Waals surface area contributed by atoms with Crippen LogP contribution in [0.3, 0.4) is 0 Å². The molecule has 2 heterocycles. The number of hydrogen-bond donors (Lipinski definition) is 1. The van der Waals surface area contributed by atoms with Crippen molar-refractivity contribution in [3.8, 4) is 5.69 Å². The predicted octanol–water partition coefficient (Wildman–Crippen LogP) is 3.08. The normalized spacial score (nSPS) is 17.2. The molecule has 1 N–H and O–H groups in total. The highest BCUT2D eigenvalue weighted by atomic mass is 32.2. The number of sulfonamides is 1. The first-order valence-corrected chi connectivity index (χ1v) is 13.2. The number of rotatable bonds is 5. The molecule has 0 unspecified atom stereocenters. The number of nitrogens with zero attached hydrogens (tertiary/aromatic N) is 4. The van der Waals surface area contributed by atoms with E-state index < -0.39 is 10.0 Å². The molecule has 1 aliphatic heterocycles. The lowest BCUT2D eigenvalue weighted by molar-refractivity contribution is 0.102. The number of aromatic nitrogens is 2. The van der Waals surface area contributed by atoms with E-state index in [2.05, 4.69) is 15.3 Å². The topological polar surface area (TPSA) is 87.5 Å². The zero-order valence-corrected chi connectivity index (χ0v) is 20.4. The van der Waals surface area contributed by atoms with Gasteiger partial charge in [0.1, 0.15) is 5.82 Å². The van der Waals surface area contributed by atoms with Gasteiger partial charge in [-0.25, -0.2) is 17.5 Å². The van der Waals surface area contributed by atoms with Crippen LogP contribution in [0.1, 0.15) is 34.6 Å². The summed E-state index contributed by atoms with van der Waals surface area (Å²) in [4.78, 5) is 15.5. The Balaban J connectivity index is 1.36. The van der Waals surface area contributed by atoms with E-state index in [4.69, 9.17) is 0 Å². The molecule has 35 heavy (non-hydrogen) atoms. The van der Waals surface area contributed by atoms with Gasteiger partial charge in [-0.05, 0) is 81.3 Å². The fraction of sp³-hybridized carbons (Fsp3) is 0.360. The Morgan fingerprint density at radius 3 is 2.29 bits per heavy atom. The van der Waals surface area contributed by atoms with Gasteiger partial charge in [0.2, 0.25) is 10.0 Å². The number of amides is 1. The van der Waals surface area contributed by atoms with E-state index in [1.54, 1.807) is 28.9 Å². The highest BCUT2D eigenvalue weighted by Gasteiger charge is 2.28. The van der Waals surface area contributed by atoms with E-state index in [9.17, 15) is 17.6 Å². The number of halogens is 1. The van der Waals surface area contributed by atoms with Crippen molar-refractivity contribution in [2.75, 3.05) is 38.5 Å². The molecule has 1 aliphatic carbocycles. The molecule has 2 aliphatic rings. The molecule has 0 radical (unpaired) electrons. The first kappa shape index (κ1) is 23.7. The number of piperazine rings is 1. The monoisotopic (exact) mass is 497 g/mol. The van der Waals surface area contributed by atoms with Gasteiger partial charge in [0, 0.05) is 43.1 Å². The van der Waals surface area contributed by atoms with Crippen molar-refractivity contribution >= 4 is 21.6 Å². The third kappa shape index (κ3) is 4.73.